The molecule has 21 heavy (non-hydrogen) atoms. The number of benzene rings is 1. The molecule has 0 fully saturated rings. The summed E-state index contributed by atoms with van der Waals surface area (Å²) in [6.45, 7) is 0.979. The summed E-state index contributed by atoms with van der Waals surface area (Å²) in [5.41, 5.74) is -0.226. The van der Waals surface area contributed by atoms with Crippen molar-refractivity contribution in [2.24, 2.45) is 0 Å². The highest BCUT2D eigenvalue weighted by Crippen LogP contribution is 2.29. The van der Waals surface area contributed by atoms with Gasteiger partial charge in [0, 0.05) is 20.1 Å². The van der Waals surface area contributed by atoms with Crippen molar-refractivity contribution >= 4 is 6.01 Å². The van der Waals surface area contributed by atoms with Crippen molar-refractivity contribution in [3.8, 4) is 0 Å². The molecule has 0 radical (unpaired) electrons. The molecule has 0 bridgehead atoms. The van der Waals surface area contributed by atoms with Gasteiger partial charge in [0.15, 0.2) is 5.82 Å². The summed E-state index contributed by atoms with van der Waals surface area (Å²) in [4.78, 5) is 4.04. The third-order valence-corrected chi connectivity index (χ3v) is 2.67. The molecular weight excluding hydrogens is 287 g/mol. The Hall–Kier alpha value is -2.09. The van der Waals surface area contributed by atoms with Crippen LogP contribution in [-0.4, -0.2) is 30.4 Å². The molecule has 0 aliphatic carbocycles. The number of nitrogens with zero attached hydrogens (tertiary/aromatic N) is 2. The first kappa shape index (κ1) is 15.3. The molecule has 0 spiro atoms. The second-order valence-corrected chi connectivity index (χ2v) is 4.31. The van der Waals surface area contributed by atoms with Crippen LogP contribution in [0, 0.1) is 0 Å². The Bertz CT molecular complexity index is 584. The SMILES string of the molecule is COCCNc1nc(Cc2cccc(C(F)(F)F)c2)no1. The highest BCUT2D eigenvalue weighted by molar-refractivity contribution is 5.28. The number of rotatable bonds is 6. The zero-order valence-corrected chi connectivity index (χ0v) is 11.3. The lowest BCUT2D eigenvalue weighted by molar-refractivity contribution is -0.137. The van der Waals surface area contributed by atoms with E-state index in [0.29, 0.717) is 24.5 Å². The molecule has 2 aromatic rings. The molecule has 5 nitrogen and oxygen atoms in total. The van der Waals surface area contributed by atoms with Crippen LogP contribution in [0.5, 0.6) is 0 Å². The molecule has 0 atom stereocenters. The Morgan fingerprint density at radius 1 is 1.33 bits per heavy atom. The molecule has 1 heterocycles. The maximum Gasteiger partial charge on any atom is 0.416 e. The lowest BCUT2D eigenvalue weighted by Gasteiger charge is -2.07. The fourth-order valence-electron chi connectivity index (χ4n) is 1.70. The predicted octanol–water partition coefficient (Wildman–Crippen LogP) is 2.74. The smallest absolute Gasteiger partial charge is 0.383 e. The first-order chi connectivity index (χ1) is 9.99. The summed E-state index contributed by atoms with van der Waals surface area (Å²) in [5.74, 6) is 0.314. The number of aromatic nitrogens is 2. The number of hydrogen-bond acceptors (Lipinski definition) is 5. The second-order valence-electron chi connectivity index (χ2n) is 4.31. The Labute approximate surface area is 119 Å². The maximum absolute atomic E-state index is 12.6. The van der Waals surface area contributed by atoms with Crippen molar-refractivity contribution in [3.63, 3.8) is 0 Å². The fourth-order valence-corrected chi connectivity index (χ4v) is 1.70. The van der Waals surface area contributed by atoms with Crippen LogP contribution >= 0.6 is 0 Å². The lowest BCUT2D eigenvalue weighted by Crippen LogP contribution is -2.07. The summed E-state index contributed by atoms with van der Waals surface area (Å²) in [6, 6.07) is 5.26. The van der Waals surface area contributed by atoms with Gasteiger partial charge in [-0.15, -0.1) is 0 Å². The maximum atomic E-state index is 12.6. The summed E-state index contributed by atoms with van der Waals surface area (Å²) < 4.78 is 47.6. The van der Waals surface area contributed by atoms with Gasteiger partial charge in [0.25, 0.3) is 0 Å². The van der Waals surface area contributed by atoms with Gasteiger partial charge in [0.1, 0.15) is 0 Å². The van der Waals surface area contributed by atoms with Gasteiger partial charge in [-0.3, -0.25) is 0 Å². The van der Waals surface area contributed by atoms with Crippen LogP contribution < -0.4 is 5.32 Å². The van der Waals surface area contributed by atoms with E-state index in [1.165, 1.54) is 6.07 Å². The van der Waals surface area contributed by atoms with Crippen LogP contribution in [0.25, 0.3) is 0 Å². The zero-order valence-electron chi connectivity index (χ0n) is 11.3. The van der Waals surface area contributed by atoms with E-state index in [4.69, 9.17) is 9.26 Å². The van der Waals surface area contributed by atoms with Gasteiger partial charge in [-0.05, 0) is 11.6 Å². The minimum absolute atomic E-state index is 0.166. The van der Waals surface area contributed by atoms with E-state index in [1.54, 1.807) is 13.2 Å². The van der Waals surface area contributed by atoms with E-state index in [9.17, 15) is 13.2 Å². The summed E-state index contributed by atoms with van der Waals surface area (Å²) in [5, 5.41) is 6.55. The van der Waals surface area contributed by atoms with Gasteiger partial charge in [-0.25, -0.2) is 0 Å². The average Bonchev–Trinajstić information content (AvgIpc) is 2.86. The number of halogens is 3. The number of anilines is 1. The quantitative estimate of drug-likeness (QED) is 0.831. The molecule has 1 aromatic heterocycles. The van der Waals surface area contributed by atoms with E-state index in [2.05, 4.69) is 15.5 Å². The Kier molecular flexibility index (Phi) is 4.79. The molecule has 1 aromatic carbocycles. The average molecular weight is 301 g/mol. The Morgan fingerprint density at radius 3 is 2.86 bits per heavy atom. The van der Waals surface area contributed by atoms with Gasteiger partial charge in [0.2, 0.25) is 0 Å². The molecule has 0 saturated heterocycles. The second kappa shape index (κ2) is 6.57. The summed E-state index contributed by atoms with van der Waals surface area (Å²) in [6.07, 6.45) is -4.19. The third-order valence-electron chi connectivity index (χ3n) is 2.67. The highest BCUT2D eigenvalue weighted by atomic mass is 19.4. The lowest BCUT2D eigenvalue weighted by atomic mass is 10.1. The van der Waals surface area contributed by atoms with Gasteiger partial charge >= 0.3 is 12.2 Å². The number of ether oxygens (including phenoxy) is 1. The Balaban J connectivity index is 2.02. The van der Waals surface area contributed by atoms with Gasteiger partial charge in [-0.1, -0.05) is 23.4 Å². The zero-order chi connectivity index (χ0) is 15.3. The first-order valence-electron chi connectivity index (χ1n) is 6.20. The van der Waals surface area contributed by atoms with Crippen molar-refractivity contribution in [1.82, 2.24) is 10.1 Å². The van der Waals surface area contributed by atoms with E-state index < -0.39 is 11.7 Å². The van der Waals surface area contributed by atoms with Gasteiger partial charge in [0.05, 0.1) is 12.2 Å². The number of nitrogens with one attached hydrogen (secondary N) is 1. The standard InChI is InChI=1S/C13H14F3N3O2/c1-20-6-5-17-12-18-11(19-21-12)8-9-3-2-4-10(7-9)13(14,15)16/h2-4,7H,5-6,8H2,1H3,(H,17,18,19). The fraction of sp³-hybridized carbons (Fsp3) is 0.385. The molecule has 0 aliphatic rings. The van der Waals surface area contributed by atoms with E-state index >= 15 is 0 Å². The van der Waals surface area contributed by atoms with Gasteiger partial charge in [-0.2, -0.15) is 18.2 Å². The molecule has 114 valence electrons. The molecule has 0 aliphatic heterocycles. The largest absolute Gasteiger partial charge is 0.416 e. The number of alkyl halides is 3. The topological polar surface area (TPSA) is 60.2 Å². The molecular formula is C13H14F3N3O2. The van der Waals surface area contributed by atoms with Crippen LogP contribution in [0.3, 0.4) is 0 Å². The van der Waals surface area contributed by atoms with Crippen LogP contribution in [0.1, 0.15) is 17.0 Å². The van der Waals surface area contributed by atoms with Crippen LogP contribution in [0.4, 0.5) is 19.2 Å². The summed E-state index contributed by atoms with van der Waals surface area (Å²) in [7, 11) is 1.56. The number of methoxy groups -OCH3 is 1. The number of hydrogen-bond donors (Lipinski definition) is 1. The van der Waals surface area contributed by atoms with Crippen molar-refractivity contribution in [3.05, 3.63) is 41.2 Å². The minimum atomic E-state index is -4.36. The molecule has 8 heteroatoms. The van der Waals surface area contributed by atoms with Gasteiger partial charge < -0.3 is 14.6 Å². The normalized spacial score (nSPS) is 11.6. The molecule has 0 saturated carbocycles. The monoisotopic (exact) mass is 301 g/mol. The van der Waals surface area contributed by atoms with Crippen LogP contribution in [0.2, 0.25) is 0 Å². The van der Waals surface area contributed by atoms with Crippen molar-refractivity contribution < 1.29 is 22.4 Å². The Morgan fingerprint density at radius 2 is 2.14 bits per heavy atom. The van der Waals surface area contributed by atoms with Crippen LogP contribution in [-0.2, 0) is 17.3 Å². The predicted molar refractivity (Wildman–Crippen MR) is 68.9 cm³/mol. The molecule has 0 amide bonds. The molecule has 1 N–H and O–H groups in total. The third kappa shape index (κ3) is 4.45. The minimum Gasteiger partial charge on any atom is -0.383 e. The van der Waals surface area contributed by atoms with Crippen LogP contribution in [0.15, 0.2) is 28.8 Å². The summed E-state index contributed by atoms with van der Waals surface area (Å²) >= 11 is 0. The van der Waals surface area contributed by atoms with Crippen molar-refractivity contribution in [2.45, 2.75) is 12.6 Å². The first-order valence-corrected chi connectivity index (χ1v) is 6.20. The van der Waals surface area contributed by atoms with Crippen molar-refractivity contribution in [2.75, 3.05) is 25.6 Å². The molecule has 2 rings (SSSR count). The molecule has 0 unspecified atom stereocenters. The van der Waals surface area contributed by atoms with E-state index in [0.717, 1.165) is 12.1 Å². The highest BCUT2D eigenvalue weighted by Gasteiger charge is 2.30. The van der Waals surface area contributed by atoms with E-state index in [1.807, 2.05) is 0 Å². The van der Waals surface area contributed by atoms with E-state index in [-0.39, 0.29) is 12.4 Å². The van der Waals surface area contributed by atoms with Crippen molar-refractivity contribution in [1.29, 1.82) is 0 Å².